The van der Waals surface area contributed by atoms with Crippen molar-refractivity contribution in [2.45, 2.75) is 32.1 Å². The van der Waals surface area contributed by atoms with E-state index in [1.807, 2.05) is 91.0 Å². The summed E-state index contributed by atoms with van der Waals surface area (Å²) in [4.78, 5) is 68.7. The zero-order valence-corrected chi connectivity index (χ0v) is 30.6. The molecule has 0 unspecified atom stereocenters. The van der Waals surface area contributed by atoms with Gasteiger partial charge in [0.1, 0.15) is 31.3 Å². The summed E-state index contributed by atoms with van der Waals surface area (Å²) in [5.74, 6) is -2.69. The first-order valence-electron chi connectivity index (χ1n) is 17.2. The summed E-state index contributed by atoms with van der Waals surface area (Å²) in [7, 11) is 0. The van der Waals surface area contributed by atoms with Crippen molar-refractivity contribution in [1.29, 1.82) is 0 Å². The molecule has 278 valence electrons. The SMILES string of the molecule is C=CCOC(=O)O[C@H](C)[C@H]1C(=O)N(C(C(=O)OCC=C)=P(c2ccccc2)(c2ccccc2)c2ccccc2)[C@@H]1CC(=O)c1ccc(COC(N)=O)cc1. The molecule has 0 saturated carbocycles. The summed E-state index contributed by atoms with van der Waals surface area (Å²) < 4.78 is 21.3. The van der Waals surface area contributed by atoms with E-state index in [-0.39, 0.29) is 37.4 Å². The second-order valence-corrected chi connectivity index (χ2v) is 15.6. The molecule has 1 aliphatic heterocycles. The second kappa shape index (κ2) is 18.0. The number of ketones is 1. The maximum absolute atomic E-state index is 14.8. The Labute approximate surface area is 313 Å². The molecule has 0 aromatic heterocycles. The van der Waals surface area contributed by atoms with E-state index < -0.39 is 49.1 Å². The zero-order valence-electron chi connectivity index (χ0n) is 29.7. The van der Waals surface area contributed by atoms with Crippen molar-refractivity contribution < 1.29 is 42.9 Å². The third kappa shape index (κ3) is 8.37. The van der Waals surface area contributed by atoms with Gasteiger partial charge in [-0.25, -0.2) is 14.4 Å². The van der Waals surface area contributed by atoms with Crippen molar-refractivity contribution in [2.75, 3.05) is 13.2 Å². The van der Waals surface area contributed by atoms with Gasteiger partial charge in [-0.2, -0.15) is 0 Å². The molecule has 0 bridgehead atoms. The molecule has 1 aliphatic rings. The minimum absolute atomic E-state index is 0.0624. The molecule has 0 radical (unpaired) electrons. The molecular formula is C42H41N2O9P. The number of carbonyl (C=O) groups is 5. The van der Waals surface area contributed by atoms with Crippen LogP contribution in [0, 0.1) is 5.92 Å². The zero-order chi connectivity index (χ0) is 38.7. The van der Waals surface area contributed by atoms with Gasteiger partial charge >= 0.3 is 18.2 Å². The van der Waals surface area contributed by atoms with E-state index in [2.05, 4.69) is 13.2 Å². The Bertz CT molecular complexity index is 1950. The van der Waals surface area contributed by atoms with Gasteiger partial charge in [0.2, 0.25) is 5.91 Å². The molecule has 2 N–H and O–H groups in total. The van der Waals surface area contributed by atoms with Crippen LogP contribution < -0.4 is 21.6 Å². The van der Waals surface area contributed by atoms with Gasteiger partial charge in [-0.1, -0.05) is 141 Å². The lowest BCUT2D eigenvalue weighted by Gasteiger charge is -2.51. The number of benzene rings is 4. The summed E-state index contributed by atoms with van der Waals surface area (Å²) in [6, 6.07) is 33.8. The number of nitrogens with zero attached hydrogens (tertiary/aromatic N) is 1. The number of β-lactam (4-membered cyclic amide) rings is 1. The highest BCUT2D eigenvalue weighted by Gasteiger charge is 2.57. The number of Topliss-reactive ketones (excluding diaryl/α,β-unsaturated/α-hetero) is 1. The van der Waals surface area contributed by atoms with Crippen LogP contribution in [0.25, 0.3) is 0 Å². The quantitative estimate of drug-likeness (QED) is 0.0404. The van der Waals surface area contributed by atoms with Crippen molar-refractivity contribution in [2.24, 2.45) is 11.7 Å². The van der Waals surface area contributed by atoms with Crippen LogP contribution in [0.3, 0.4) is 0 Å². The molecule has 5 rings (SSSR count). The lowest BCUT2D eigenvalue weighted by atomic mass is 9.79. The number of hydrogen-bond donors (Lipinski definition) is 1. The van der Waals surface area contributed by atoms with E-state index in [4.69, 9.17) is 24.7 Å². The van der Waals surface area contributed by atoms with Gasteiger partial charge in [-0.05, 0) is 28.4 Å². The normalized spacial score (nSPS) is 15.5. The molecule has 1 fully saturated rings. The Hall–Kier alpha value is -6.19. The van der Waals surface area contributed by atoms with Crippen molar-refractivity contribution in [3.8, 4) is 0 Å². The minimum atomic E-state index is -3.29. The summed E-state index contributed by atoms with van der Waals surface area (Å²) in [5.41, 5.74) is 6.07. The van der Waals surface area contributed by atoms with Gasteiger partial charge < -0.3 is 29.6 Å². The Kier molecular flexibility index (Phi) is 13.0. The third-order valence-electron chi connectivity index (χ3n) is 8.92. The number of amides is 2. The average Bonchev–Trinajstić information content (AvgIpc) is 3.19. The van der Waals surface area contributed by atoms with Gasteiger partial charge in [0, 0.05) is 18.9 Å². The third-order valence-corrected chi connectivity index (χ3v) is 13.2. The predicted molar refractivity (Wildman–Crippen MR) is 207 cm³/mol. The average molecular weight is 749 g/mol. The fourth-order valence-corrected chi connectivity index (χ4v) is 11.0. The van der Waals surface area contributed by atoms with Gasteiger partial charge in [0.05, 0.1) is 12.0 Å². The Morgan fingerprint density at radius 2 is 1.26 bits per heavy atom. The van der Waals surface area contributed by atoms with E-state index in [1.54, 1.807) is 31.2 Å². The molecule has 12 heteroatoms. The van der Waals surface area contributed by atoms with Crippen LogP contribution in [0.4, 0.5) is 9.59 Å². The molecular weight excluding hydrogens is 707 g/mol. The molecule has 0 spiro atoms. The number of likely N-dealkylation sites (tertiary alicyclic amines) is 1. The van der Waals surface area contributed by atoms with Crippen LogP contribution in [0.1, 0.15) is 29.3 Å². The predicted octanol–water partition coefficient (Wildman–Crippen LogP) is 5.26. The summed E-state index contributed by atoms with van der Waals surface area (Å²) >= 11 is 0. The van der Waals surface area contributed by atoms with E-state index in [1.165, 1.54) is 17.1 Å². The Morgan fingerprint density at radius 3 is 1.74 bits per heavy atom. The maximum atomic E-state index is 14.8. The number of primary amides is 1. The first-order chi connectivity index (χ1) is 26.1. The van der Waals surface area contributed by atoms with Crippen LogP contribution in [0.2, 0.25) is 0 Å². The summed E-state index contributed by atoms with van der Waals surface area (Å²) in [5, 5.41) is 2.29. The molecule has 11 nitrogen and oxygen atoms in total. The standard InChI is InChI=1S/C42H41N2O9P/c1-4-25-50-40(47)39(54(32-15-9-6-10-16-32,33-17-11-7-12-18-33)34-19-13-8-14-20-34)44-35(37(38(44)46)29(3)53-42(49)51-26-5-2)27-36(45)31-23-21-30(22-24-31)28-52-41(43)48/h4-24,29,35,37H,1-2,25-28H2,3H3,(H2,43,48)/t29-,35-,37-/m1/s1. The highest BCUT2D eigenvalue weighted by Crippen LogP contribution is 2.50. The van der Waals surface area contributed by atoms with Crippen LogP contribution in [0.15, 0.2) is 141 Å². The number of ether oxygens (including phenoxy) is 4. The lowest BCUT2D eigenvalue weighted by molar-refractivity contribution is -0.158. The van der Waals surface area contributed by atoms with Gasteiger partial charge in [-0.15, -0.1) is 0 Å². The molecule has 1 saturated heterocycles. The van der Waals surface area contributed by atoms with Gasteiger partial charge in [-0.3, -0.25) is 9.59 Å². The lowest BCUT2D eigenvalue weighted by Crippen LogP contribution is -2.69. The van der Waals surface area contributed by atoms with E-state index in [0.29, 0.717) is 11.1 Å². The molecule has 1 heterocycles. The highest BCUT2D eigenvalue weighted by atomic mass is 31.2. The molecule has 2 amide bonds. The highest BCUT2D eigenvalue weighted by molar-refractivity contribution is 7.96. The van der Waals surface area contributed by atoms with Crippen molar-refractivity contribution in [3.63, 3.8) is 0 Å². The first-order valence-corrected chi connectivity index (χ1v) is 19.0. The van der Waals surface area contributed by atoms with Crippen molar-refractivity contribution in [3.05, 3.63) is 152 Å². The van der Waals surface area contributed by atoms with Crippen LogP contribution in [0.5, 0.6) is 0 Å². The maximum Gasteiger partial charge on any atom is 0.508 e. The number of esters is 1. The van der Waals surface area contributed by atoms with Crippen LogP contribution in [-0.2, 0) is 35.1 Å². The van der Waals surface area contributed by atoms with Gasteiger partial charge in [0.25, 0.3) is 0 Å². The van der Waals surface area contributed by atoms with Gasteiger partial charge in [0.15, 0.2) is 5.78 Å². The van der Waals surface area contributed by atoms with Crippen LogP contribution in [-0.4, -0.2) is 65.6 Å². The fraction of sp³-hybridized carbons (Fsp3) is 0.190. The number of rotatable bonds is 16. The van der Waals surface area contributed by atoms with Crippen LogP contribution >= 0.6 is 6.89 Å². The fourth-order valence-electron chi connectivity index (χ4n) is 6.56. The molecule has 54 heavy (non-hydrogen) atoms. The first kappa shape index (κ1) is 39.0. The molecule has 3 atom stereocenters. The number of nitrogens with two attached hydrogens (primary N) is 1. The summed E-state index contributed by atoms with van der Waals surface area (Å²) in [6.45, 7) is 5.19. The molecule has 4 aromatic carbocycles. The minimum Gasteiger partial charge on any atom is -0.457 e. The summed E-state index contributed by atoms with van der Waals surface area (Å²) in [6.07, 6.45) is -0.430. The second-order valence-electron chi connectivity index (χ2n) is 12.3. The largest absolute Gasteiger partial charge is 0.508 e. The topological polar surface area (TPSA) is 152 Å². The monoisotopic (exact) mass is 748 g/mol. The van der Waals surface area contributed by atoms with Crippen molar-refractivity contribution >= 4 is 58.1 Å². The molecule has 4 aromatic rings. The smallest absolute Gasteiger partial charge is 0.457 e. The van der Waals surface area contributed by atoms with E-state index >= 15 is 0 Å². The number of carbonyl (C=O) groups excluding carboxylic acids is 5. The van der Waals surface area contributed by atoms with Crippen molar-refractivity contribution in [1.82, 2.24) is 4.90 Å². The molecule has 0 aliphatic carbocycles. The van der Waals surface area contributed by atoms with E-state index in [0.717, 1.165) is 15.9 Å². The van der Waals surface area contributed by atoms with E-state index in [9.17, 15) is 24.0 Å². The Morgan fingerprint density at radius 1 is 0.759 bits per heavy atom. The Balaban J connectivity index is 1.75. The number of hydrogen-bond acceptors (Lipinski definition) is 9.